The smallest absolute Gasteiger partial charge is 0.258 e. The molecule has 82 valence electrons. The van der Waals surface area contributed by atoms with Gasteiger partial charge >= 0.3 is 5.69 Å². The van der Waals surface area contributed by atoms with Crippen molar-refractivity contribution in [3.8, 4) is 0 Å². The zero-order valence-corrected chi connectivity index (χ0v) is 10.5. The highest BCUT2D eigenvalue weighted by atomic mass is 127. The molecule has 0 aliphatic rings. The van der Waals surface area contributed by atoms with Crippen LogP contribution in [-0.4, -0.2) is 13.3 Å². The van der Waals surface area contributed by atoms with Gasteiger partial charge in [-0.05, 0) is 34.7 Å². The lowest BCUT2D eigenvalue weighted by atomic mass is 10.3. The molecule has 1 aromatic carbocycles. The Morgan fingerprint density at radius 3 is 2.40 bits per heavy atom. The second kappa shape index (κ2) is 4.18. The first-order valence-corrected chi connectivity index (χ1v) is 6.71. The molecular formula is C6H2ClFINO4S. The number of nitrogens with zero attached hydrogens (tertiary/aromatic N) is 1. The fourth-order valence-electron chi connectivity index (χ4n) is 0.878. The molecular weight excluding hydrogens is 363 g/mol. The van der Waals surface area contributed by atoms with Crippen molar-refractivity contribution < 1.29 is 17.7 Å². The van der Waals surface area contributed by atoms with Crippen LogP contribution in [0.1, 0.15) is 0 Å². The van der Waals surface area contributed by atoms with Gasteiger partial charge in [0, 0.05) is 10.7 Å². The summed E-state index contributed by atoms with van der Waals surface area (Å²) in [6.07, 6.45) is 0. The van der Waals surface area contributed by atoms with E-state index in [1.54, 1.807) is 0 Å². The second-order valence-corrected chi connectivity index (χ2v) is 6.10. The third kappa shape index (κ3) is 2.55. The van der Waals surface area contributed by atoms with E-state index in [1.165, 1.54) is 22.6 Å². The molecule has 0 heterocycles. The number of nitro benzene ring substituents is 1. The minimum Gasteiger partial charge on any atom is -0.258 e. The van der Waals surface area contributed by atoms with Crippen LogP contribution in [0.3, 0.4) is 0 Å². The first kappa shape index (κ1) is 12.6. The lowest BCUT2D eigenvalue weighted by molar-refractivity contribution is -0.388. The van der Waals surface area contributed by atoms with Crippen LogP contribution in [0, 0.1) is 19.5 Å². The van der Waals surface area contributed by atoms with E-state index in [2.05, 4.69) is 0 Å². The van der Waals surface area contributed by atoms with Crippen molar-refractivity contribution in [2.75, 3.05) is 0 Å². The van der Waals surface area contributed by atoms with Crippen molar-refractivity contribution in [2.24, 2.45) is 0 Å². The van der Waals surface area contributed by atoms with Crippen LogP contribution in [-0.2, 0) is 9.05 Å². The fourth-order valence-corrected chi connectivity index (χ4v) is 2.39. The Hall–Kier alpha value is -0.480. The fraction of sp³-hybridized carbons (Fsp3) is 0. The van der Waals surface area contributed by atoms with E-state index in [0.29, 0.717) is 0 Å². The van der Waals surface area contributed by atoms with Crippen molar-refractivity contribution in [1.82, 2.24) is 0 Å². The molecule has 5 nitrogen and oxygen atoms in total. The number of hydrogen-bond acceptors (Lipinski definition) is 4. The highest BCUT2D eigenvalue weighted by Crippen LogP contribution is 2.30. The Morgan fingerprint density at radius 1 is 1.47 bits per heavy atom. The van der Waals surface area contributed by atoms with Gasteiger partial charge in [-0.15, -0.1) is 0 Å². The third-order valence-corrected chi connectivity index (χ3v) is 3.69. The largest absolute Gasteiger partial charge is 0.319 e. The monoisotopic (exact) mass is 365 g/mol. The van der Waals surface area contributed by atoms with E-state index < -0.39 is 30.4 Å². The molecule has 0 atom stereocenters. The number of halogens is 3. The summed E-state index contributed by atoms with van der Waals surface area (Å²) >= 11 is 1.53. The van der Waals surface area contributed by atoms with E-state index >= 15 is 0 Å². The lowest BCUT2D eigenvalue weighted by Crippen LogP contribution is -2.02. The molecule has 0 bridgehead atoms. The summed E-state index contributed by atoms with van der Waals surface area (Å²) in [5.74, 6) is -1.44. The molecule has 0 saturated carbocycles. The van der Waals surface area contributed by atoms with Gasteiger partial charge in [-0.3, -0.25) is 10.1 Å². The van der Waals surface area contributed by atoms with Gasteiger partial charge in [0.1, 0.15) is 4.90 Å². The van der Waals surface area contributed by atoms with Crippen LogP contribution in [0.5, 0.6) is 0 Å². The molecule has 15 heavy (non-hydrogen) atoms. The van der Waals surface area contributed by atoms with Gasteiger partial charge in [-0.2, -0.15) is 4.39 Å². The van der Waals surface area contributed by atoms with Crippen LogP contribution in [0.25, 0.3) is 0 Å². The highest BCUT2D eigenvalue weighted by Gasteiger charge is 2.27. The van der Waals surface area contributed by atoms with Crippen molar-refractivity contribution in [1.29, 1.82) is 0 Å². The van der Waals surface area contributed by atoms with E-state index in [-0.39, 0.29) is 3.57 Å². The van der Waals surface area contributed by atoms with Crippen molar-refractivity contribution in [2.45, 2.75) is 4.90 Å². The summed E-state index contributed by atoms with van der Waals surface area (Å²) in [5, 5.41) is 10.4. The molecule has 0 amide bonds. The highest BCUT2D eigenvalue weighted by molar-refractivity contribution is 14.1. The Kier molecular flexibility index (Phi) is 3.51. The van der Waals surface area contributed by atoms with Gasteiger partial charge < -0.3 is 0 Å². The van der Waals surface area contributed by atoms with Crippen LogP contribution < -0.4 is 0 Å². The van der Waals surface area contributed by atoms with Gasteiger partial charge in [0.05, 0.1) is 8.49 Å². The molecule has 0 N–H and O–H groups in total. The lowest BCUT2D eigenvalue weighted by Gasteiger charge is -2.01. The van der Waals surface area contributed by atoms with Crippen LogP contribution in [0.15, 0.2) is 17.0 Å². The Bertz CT molecular complexity index is 532. The summed E-state index contributed by atoms with van der Waals surface area (Å²) in [7, 11) is 0.583. The maximum atomic E-state index is 13.4. The topological polar surface area (TPSA) is 77.3 Å². The number of rotatable bonds is 2. The van der Waals surface area contributed by atoms with Crippen molar-refractivity contribution in [3.05, 3.63) is 31.6 Å². The summed E-state index contributed by atoms with van der Waals surface area (Å²) in [6.45, 7) is 0. The van der Waals surface area contributed by atoms with Crippen LogP contribution >= 0.6 is 33.3 Å². The molecule has 1 aromatic rings. The minimum absolute atomic E-state index is 0.000772. The molecule has 0 saturated heterocycles. The third-order valence-electron chi connectivity index (χ3n) is 1.48. The second-order valence-electron chi connectivity index (χ2n) is 2.40. The van der Waals surface area contributed by atoms with Crippen molar-refractivity contribution in [3.63, 3.8) is 0 Å². The average molecular weight is 366 g/mol. The predicted molar refractivity (Wildman–Crippen MR) is 58.8 cm³/mol. The molecule has 0 aliphatic heterocycles. The van der Waals surface area contributed by atoms with Gasteiger partial charge in [0.15, 0.2) is 0 Å². The quantitative estimate of drug-likeness (QED) is 0.349. The molecule has 0 spiro atoms. The molecule has 0 aliphatic carbocycles. The maximum Gasteiger partial charge on any atom is 0.319 e. The first-order valence-electron chi connectivity index (χ1n) is 3.32. The average Bonchev–Trinajstić information content (AvgIpc) is 2.00. The standard InChI is InChI=1S/C6H2ClFINO4S/c7-15(13,14)4-2-1-3(9)6(5(4)8)10(11)12/h1-2H. The molecule has 0 radical (unpaired) electrons. The molecule has 1 rings (SSSR count). The molecule has 0 unspecified atom stereocenters. The van der Waals surface area contributed by atoms with E-state index in [1.807, 2.05) is 0 Å². The SMILES string of the molecule is O=[N+]([O-])c1c(I)ccc(S(=O)(=O)Cl)c1F. The number of benzene rings is 1. The maximum absolute atomic E-state index is 13.4. The Labute approximate surface area is 102 Å². The summed E-state index contributed by atoms with van der Waals surface area (Å²) < 4.78 is 35.0. The minimum atomic E-state index is -4.32. The normalized spacial score (nSPS) is 11.4. The van der Waals surface area contributed by atoms with Gasteiger partial charge in [0.25, 0.3) is 9.05 Å². The summed E-state index contributed by atoms with van der Waals surface area (Å²) in [4.78, 5) is 8.55. The van der Waals surface area contributed by atoms with Gasteiger partial charge in [-0.1, -0.05) is 0 Å². The zero-order valence-electron chi connectivity index (χ0n) is 6.78. The molecule has 9 heteroatoms. The zero-order chi connectivity index (χ0) is 11.8. The number of nitro groups is 1. The molecule has 0 aromatic heterocycles. The van der Waals surface area contributed by atoms with E-state index in [0.717, 1.165) is 12.1 Å². The van der Waals surface area contributed by atoms with Crippen LogP contribution in [0.2, 0.25) is 0 Å². The van der Waals surface area contributed by atoms with Crippen LogP contribution in [0.4, 0.5) is 10.1 Å². The van der Waals surface area contributed by atoms with Gasteiger partial charge in [-0.25, -0.2) is 8.42 Å². The summed E-state index contributed by atoms with van der Waals surface area (Å²) in [6, 6.07) is 1.99. The van der Waals surface area contributed by atoms with E-state index in [9.17, 15) is 22.9 Å². The van der Waals surface area contributed by atoms with Gasteiger partial charge in [0.2, 0.25) is 5.82 Å². The number of hydrogen-bond donors (Lipinski definition) is 0. The Morgan fingerprint density at radius 2 is 2.00 bits per heavy atom. The molecule has 0 fully saturated rings. The van der Waals surface area contributed by atoms with Crippen molar-refractivity contribution >= 4 is 48.0 Å². The predicted octanol–water partition coefficient (Wildman–Crippen LogP) is 2.27. The van der Waals surface area contributed by atoms with E-state index in [4.69, 9.17) is 10.7 Å². The Balaban J connectivity index is 3.64. The first-order chi connectivity index (χ1) is 6.75. The summed E-state index contributed by atoms with van der Waals surface area (Å²) in [5.41, 5.74) is -0.891.